The molecule has 1 aliphatic heterocycles. The Balaban J connectivity index is 1.39. The molecule has 3 aromatic carbocycles. The van der Waals surface area contributed by atoms with Gasteiger partial charge < -0.3 is 15.4 Å². The molecule has 1 heterocycles. The molecule has 0 saturated heterocycles. The van der Waals surface area contributed by atoms with Crippen LogP contribution in [0.25, 0.3) is 10.8 Å². The minimum Gasteiger partial charge on any atom is -0.482 e. The highest BCUT2D eigenvalue weighted by molar-refractivity contribution is 8.00. The van der Waals surface area contributed by atoms with Crippen molar-refractivity contribution < 1.29 is 14.3 Å². The van der Waals surface area contributed by atoms with Gasteiger partial charge in [-0.25, -0.2) is 0 Å². The highest BCUT2D eigenvalue weighted by Gasteiger charge is 2.16. The molecule has 0 atom stereocenters. The fraction of sp³-hybridized carbons (Fsp3) is 0.100. The maximum absolute atomic E-state index is 12.2. The highest BCUT2D eigenvalue weighted by Crippen LogP contribution is 2.30. The normalized spacial score (nSPS) is 12.8. The molecule has 130 valence electrons. The minimum absolute atomic E-state index is 0.0150. The second kappa shape index (κ2) is 7.09. The quantitative estimate of drug-likeness (QED) is 0.689. The molecule has 6 heteroatoms. The summed E-state index contributed by atoms with van der Waals surface area (Å²) in [5, 5.41) is 7.91. The van der Waals surface area contributed by atoms with Crippen LogP contribution in [0.1, 0.15) is 0 Å². The van der Waals surface area contributed by atoms with Gasteiger partial charge in [0.15, 0.2) is 6.61 Å². The first-order valence-corrected chi connectivity index (χ1v) is 9.14. The van der Waals surface area contributed by atoms with E-state index in [4.69, 9.17) is 4.74 Å². The second-order valence-electron chi connectivity index (χ2n) is 5.89. The van der Waals surface area contributed by atoms with Crippen LogP contribution in [0, 0.1) is 0 Å². The van der Waals surface area contributed by atoms with Crippen molar-refractivity contribution in [1.82, 2.24) is 0 Å². The molecule has 0 aliphatic carbocycles. The maximum Gasteiger partial charge on any atom is 0.262 e. The van der Waals surface area contributed by atoms with Gasteiger partial charge in [-0.3, -0.25) is 9.59 Å². The lowest BCUT2D eigenvalue weighted by atomic mass is 10.1. The number of anilines is 2. The Morgan fingerprint density at radius 3 is 2.81 bits per heavy atom. The van der Waals surface area contributed by atoms with E-state index < -0.39 is 0 Å². The van der Waals surface area contributed by atoms with Crippen molar-refractivity contribution in [2.24, 2.45) is 0 Å². The van der Waals surface area contributed by atoms with E-state index in [0.717, 1.165) is 10.3 Å². The molecule has 0 saturated carbocycles. The molecule has 5 nitrogen and oxygen atoms in total. The molecule has 0 aromatic heterocycles. The summed E-state index contributed by atoms with van der Waals surface area (Å²) in [7, 11) is 0. The van der Waals surface area contributed by atoms with Crippen LogP contribution in [-0.4, -0.2) is 24.2 Å². The third-order valence-electron chi connectivity index (χ3n) is 3.99. The zero-order valence-electron chi connectivity index (χ0n) is 13.8. The summed E-state index contributed by atoms with van der Waals surface area (Å²) in [5.41, 5.74) is 1.19. The van der Waals surface area contributed by atoms with Crippen LogP contribution in [0.15, 0.2) is 65.6 Å². The van der Waals surface area contributed by atoms with Gasteiger partial charge in [0.1, 0.15) is 5.75 Å². The van der Waals surface area contributed by atoms with Gasteiger partial charge in [0, 0.05) is 10.6 Å². The molecule has 4 rings (SSSR count). The third kappa shape index (κ3) is 3.65. The Morgan fingerprint density at radius 2 is 1.92 bits per heavy atom. The molecule has 26 heavy (non-hydrogen) atoms. The Bertz CT molecular complexity index is 1000. The number of amides is 2. The van der Waals surface area contributed by atoms with Crippen LogP contribution in [0.2, 0.25) is 0 Å². The third-order valence-corrected chi connectivity index (χ3v) is 4.98. The molecule has 1 aliphatic rings. The van der Waals surface area contributed by atoms with Crippen molar-refractivity contribution in [2.45, 2.75) is 4.90 Å². The summed E-state index contributed by atoms with van der Waals surface area (Å²) in [6.07, 6.45) is 0. The van der Waals surface area contributed by atoms with Crippen LogP contribution in [0.3, 0.4) is 0 Å². The summed E-state index contributed by atoms with van der Waals surface area (Å²) in [6.45, 7) is 0.0150. The fourth-order valence-electron chi connectivity index (χ4n) is 2.76. The van der Waals surface area contributed by atoms with E-state index in [9.17, 15) is 9.59 Å². The number of ether oxygens (including phenoxy) is 1. The van der Waals surface area contributed by atoms with Gasteiger partial charge >= 0.3 is 0 Å². The van der Waals surface area contributed by atoms with Crippen molar-refractivity contribution >= 4 is 45.7 Å². The largest absolute Gasteiger partial charge is 0.482 e. The van der Waals surface area contributed by atoms with Crippen molar-refractivity contribution in [2.75, 3.05) is 23.0 Å². The predicted octanol–water partition coefficient (Wildman–Crippen LogP) is 3.90. The van der Waals surface area contributed by atoms with Gasteiger partial charge in [0.05, 0.1) is 11.4 Å². The standard InChI is InChI=1S/C20H16N2O3S/c23-19-11-25-18-8-6-15(10-17(18)22-19)21-20(24)12-26-16-7-5-13-3-1-2-4-14(13)9-16/h1-10H,11-12H2,(H,21,24)(H,22,23). The van der Waals surface area contributed by atoms with Crippen molar-refractivity contribution in [3.05, 3.63) is 60.7 Å². The average molecular weight is 364 g/mol. The Labute approximate surface area is 154 Å². The van der Waals surface area contributed by atoms with Crippen molar-refractivity contribution in [3.63, 3.8) is 0 Å². The number of carbonyl (C=O) groups is 2. The van der Waals surface area contributed by atoms with Crippen LogP contribution < -0.4 is 15.4 Å². The molecule has 2 N–H and O–H groups in total. The molecule has 0 radical (unpaired) electrons. The number of fused-ring (bicyclic) bond motifs is 2. The first-order chi connectivity index (χ1) is 12.7. The zero-order chi connectivity index (χ0) is 17.9. The lowest BCUT2D eigenvalue weighted by molar-refractivity contribution is -0.118. The number of hydrogen-bond acceptors (Lipinski definition) is 4. The van der Waals surface area contributed by atoms with Gasteiger partial charge in [-0.05, 0) is 41.1 Å². The minimum atomic E-state index is -0.201. The summed E-state index contributed by atoms with van der Waals surface area (Å²) < 4.78 is 5.31. The molecular weight excluding hydrogens is 348 g/mol. The lowest BCUT2D eigenvalue weighted by Crippen LogP contribution is -2.25. The van der Waals surface area contributed by atoms with Gasteiger partial charge in [-0.1, -0.05) is 30.3 Å². The van der Waals surface area contributed by atoms with Crippen LogP contribution in [0.5, 0.6) is 5.75 Å². The fourth-order valence-corrected chi connectivity index (χ4v) is 3.51. The molecule has 0 bridgehead atoms. The van der Waals surface area contributed by atoms with E-state index in [2.05, 4.69) is 34.9 Å². The van der Waals surface area contributed by atoms with Crippen molar-refractivity contribution in [3.8, 4) is 5.75 Å². The van der Waals surface area contributed by atoms with E-state index in [-0.39, 0.29) is 18.4 Å². The van der Waals surface area contributed by atoms with E-state index in [1.807, 2.05) is 18.2 Å². The number of hydrogen-bond donors (Lipinski definition) is 2. The number of thioether (sulfide) groups is 1. The summed E-state index contributed by atoms with van der Waals surface area (Å²) in [4.78, 5) is 24.7. The summed E-state index contributed by atoms with van der Waals surface area (Å²) >= 11 is 1.49. The molecule has 0 unspecified atom stereocenters. The van der Waals surface area contributed by atoms with Gasteiger partial charge in [-0.2, -0.15) is 0 Å². The Hall–Kier alpha value is -2.99. The molecule has 2 amide bonds. The smallest absolute Gasteiger partial charge is 0.262 e. The number of rotatable bonds is 4. The monoisotopic (exact) mass is 364 g/mol. The van der Waals surface area contributed by atoms with Gasteiger partial charge in [0.2, 0.25) is 5.91 Å². The number of nitrogens with one attached hydrogen (secondary N) is 2. The van der Waals surface area contributed by atoms with Crippen molar-refractivity contribution in [1.29, 1.82) is 0 Å². The number of carbonyl (C=O) groups excluding carboxylic acids is 2. The van der Waals surface area contributed by atoms with Gasteiger partial charge in [-0.15, -0.1) is 11.8 Å². The van der Waals surface area contributed by atoms with Gasteiger partial charge in [0.25, 0.3) is 5.91 Å². The number of benzene rings is 3. The molecule has 0 spiro atoms. The van der Waals surface area contributed by atoms with E-state index in [1.54, 1.807) is 18.2 Å². The van der Waals surface area contributed by atoms with Crippen LogP contribution in [0.4, 0.5) is 11.4 Å². The predicted molar refractivity (Wildman–Crippen MR) is 104 cm³/mol. The first-order valence-electron chi connectivity index (χ1n) is 8.15. The topological polar surface area (TPSA) is 67.4 Å². The SMILES string of the molecule is O=C(CSc1ccc2ccccc2c1)Nc1ccc2c(c1)NC(=O)CO2. The lowest BCUT2D eigenvalue weighted by Gasteiger charge is -2.18. The molecule has 0 fully saturated rings. The highest BCUT2D eigenvalue weighted by atomic mass is 32.2. The van der Waals surface area contributed by atoms with E-state index in [0.29, 0.717) is 22.9 Å². The summed E-state index contributed by atoms with van der Waals surface area (Å²) in [5.74, 6) is 0.602. The molecular formula is C20H16N2O3S. The Morgan fingerprint density at radius 1 is 1.08 bits per heavy atom. The van der Waals surface area contributed by atoms with Crippen LogP contribution >= 0.6 is 11.8 Å². The van der Waals surface area contributed by atoms with E-state index in [1.165, 1.54) is 17.1 Å². The summed E-state index contributed by atoms with van der Waals surface area (Å²) in [6, 6.07) is 19.5. The second-order valence-corrected chi connectivity index (χ2v) is 6.94. The first kappa shape index (κ1) is 16.5. The zero-order valence-corrected chi connectivity index (χ0v) is 14.6. The van der Waals surface area contributed by atoms with Crippen LogP contribution in [-0.2, 0) is 9.59 Å². The maximum atomic E-state index is 12.2. The van der Waals surface area contributed by atoms with E-state index >= 15 is 0 Å². The molecule has 3 aromatic rings. The Kier molecular flexibility index (Phi) is 4.50. The average Bonchev–Trinajstić information content (AvgIpc) is 2.66.